The van der Waals surface area contributed by atoms with Crippen LogP contribution in [-0.2, 0) is 19.2 Å². The van der Waals surface area contributed by atoms with Gasteiger partial charge in [-0.1, -0.05) is 42.5 Å². The van der Waals surface area contributed by atoms with Crippen molar-refractivity contribution in [1.29, 1.82) is 0 Å². The molecule has 0 aromatic heterocycles. The summed E-state index contributed by atoms with van der Waals surface area (Å²) in [5, 5.41) is 14.8. The molecule has 0 unspecified atom stereocenters. The Labute approximate surface area is 231 Å². The highest BCUT2D eigenvalue weighted by Gasteiger charge is 2.24. The number of carboxylic acid groups (broad SMARTS) is 2. The van der Waals surface area contributed by atoms with Crippen molar-refractivity contribution >= 4 is 23.8 Å². The summed E-state index contributed by atoms with van der Waals surface area (Å²) in [5.74, 6) is -1.85. The number of methoxy groups -OCH3 is 1. The Morgan fingerprint density at radius 1 is 0.600 bits per heavy atom. The van der Waals surface area contributed by atoms with E-state index in [0.717, 1.165) is 16.9 Å². The molecule has 1 saturated heterocycles. The Kier molecular flexibility index (Phi) is 10.9. The van der Waals surface area contributed by atoms with Gasteiger partial charge in [-0.2, -0.15) is 0 Å². The molecule has 0 radical (unpaired) electrons. The third-order valence-corrected chi connectivity index (χ3v) is 5.91. The van der Waals surface area contributed by atoms with Gasteiger partial charge in [-0.05, 0) is 47.5 Å². The largest absolute Gasteiger partial charge is 0.497 e. The quantitative estimate of drug-likeness (QED) is 0.405. The van der Waals surface area contributed by atoms with Crippen molar-refractivity contribution in [2.24, 2.45) is 0 Å². The second kappa shape index (κ2) is 14.8. The highest BCUT2D eigenvalue weighted by atomic mass is 16.5. The van der Waals surface area contributed by atoms with E-state index in [9.17, 15) is 9.59 Å². The van der Waals surface area contributed by atoms with E-state index in [1.165, 1.54) is 0 Å². The van der Waals surface area contributed by atoms with Crippen LogP contribution in [0.2, 0.25) is 0 Å². The summed E-state index contributed by atoms with van der Waals surface area (Å²) in [5.41, 5.74) is 2.22. The number of piperazine rings is 1. The second-order valence-corrected chi connectivity index (χ2v) is 8.52. The Balaban J connectivity index is 0.000000663. The number of carbonyl (C=O) groups excluding carboxylic acids is 2. The van der Waals surface area contributed by atoms with Crippen LogP contribution < -0.4 is 14.2 Å². The van der Waals surface area contributed by atoms with Crippen LogP contribution in [0, 0.1) is 0 Å². The third kappa shape index (κ3) is 9.05. The molecule has 11 nitrogen and oxygen atoms in total. The first-order chi connectivity index (χ1) is 19.3. The number of hydrogen-bond acceptors (Lipinski definition) is 7. The zero-order valence-electron chi connectivity index (χ0n) is 21.9. The van der Waals surface area contributed by atoms with Crippen molar-refractivity contribution in [3.63, 3.8) is 0 Å². The summed E-state index contributed by atoms with van der Waals surface area (Å²) < 4.78 is 16.4. The number of ether oxygens (including phenoxy) is 3. The second-order valence-electron chi connectivity index (χ2n) is 8.52. The maximum Gasteiger partial charge on any atom is 0.414 e. The predicted molar refractivity (Wildman–Crippen MR) is 144 cm³/mol. The van der Waals surface area contributed by atoms with Crippen molar-refractivity contribution in [2.75, 3.05) is 46.5 Å². The lowest BCUT2D eigenvalue weighted by Gasteiger charge is -2.34. The van der Waals surface area contributed by atoms with Gasteiger partial charge in [-0.3, -0.25) is 9.59 Å². The van der Waals surface area contributed by atoms with Gasteiger partial charge in [0.15, 0.2) is 13.2 Å². The molecule has 0 spiro atoms. The topological polar surface area (TPSA) is 143 Å². The van der Waals surface area contributed by atoms with Gasteiger partial charge in [-0.15, -0.1) is 0 Å². The smallest absolute Gasteiger partial charge is 0.414 e. The van der Waals surface area contributed by atoms with Crippen LogP contribution in [0.15, 0.2) is 78.9 Å². The van der Waals surface area contributed by atoms with Gasteiger partial charge in [0.1, 0.15) is 17.2 Å². The van der Waals surface area contributed by atoms with Crippen molar-refractivity contribution in [3.05, 3.63) is 78.9 Å². The normalized spacial score (nSPS) is 12.4. The summed E-state index contributed by atoms with van der Waals surface area (Å²) in [4.78, 5) is 46.7. The molecule has 0 aliphatic carbocycles. The summed E-state index contributed by atoms with van der Waals surface area (Å²) >= 11 is 0. The molecule has 3 aromatic carbocycles. The van der Waals surface area contributed by atoms with Gasteiger partial charge in [-0.25, -0.2) is 9.59 Å². The number of aliphatic carboxylic acids is 2. The molecule has 0 saturated carbocycles. The Bertz CT molecular complexity index is 1260. The first kappa shape index (κ1) is 29.5. The maximum absolute atomic E-state index is 12.6. The zero-order chi connectivity index (χ0) is 28.9. The number of nitrogens with zero attached hydrogens (tertiary/aromatic N) is 2. The van der Waals surface area contributed by atoms with Crippen LogP contribution in [0.25, 0.3) is 11.1 Å². The van der Waals surface area contributed by atoms with E-state index >= 15 is 0 Å². The molecule has 0 bridgehead atoms. The number of hydrogen-bond donors (Lipinski definition) is 2. The first-order valence-corrected chi connectivity index (χ1v) is 12.3. The lowest BCUT2D eigenvalue weighted by molar-refractivity contribution is -0.159. The number of benzene rings is 3. The lowest BCUT2D eigenvalue weighted by atomic mass is 10.1. The van der Waals surface area contributed by atoms with Gasteiger partial charge < -0.3 is 34.2 Å². The standard InChI is InChI=1S/C27H28N2O5.C2H2O4/c1-32-23-11-13-25(14-12-23)34-20-27(31)29-17-15-28(16-18-29)26(30)19-33-24-9-7-22(8-10-24)21-5-3-2-4-6-21;3-1(4)2(5)6/h2-14H,15-20H2,1H3;(H,3,4)(H,5,6). The van der Waals surface area contributed by atoms with Crippen molar-refractivity contribution in [3.8, 4) is 28.4 Å². The molecule has 1 aliphatic heterocycles. The highest BCUT2D eigenvalue weighted by molar-refractivity contribution is 6.27. The summed E-state index contributed by atoms with van der Waals surface area (Å²) in [6, 6.07) is 24.9. The highest BCUT2D eigenvalue weighted by Crippen LogP contribution is 2.22. The van der Waals surface area contributed by atoms with E-state index in [0.29, 0.717) is 37.7 Å². The number of carboxylic acids is 2. The van der Waals surface area contributed by atoms with Crippen LogP contribution in [0.3, 0.4) is 0 Å². The van der Waals surface area contributed by atoms with E-state index in [1.807, 2.05) is 42.5 Å². The fourth-order valence-corrected chi connectivity index (χ4v) is 3.72. The molecule has 2 amide bonds. The van der Waals surface area contributed by atoms with Crippen LogP contribution in [-0.4, -0.2) is 90.3 Å². The van der Waals surface area contributed by atoms with E-state index in [1.54, 1.807) is 41.2 Å². The average molecular weight is 551 g/mol. The number of carbonyl (C=O) groups is 4. The number of rotatable bonds is 8. The predicted octanol–water partition coefficient (Wildman–Crippen LogP) is 2.65. The SMILES string of the molecule is COc1ccc(OCC(=O)N2CCN(C(=O)COc3ccc(-c4ccccc4)cc3)CC2)cc1.O=C(O)C(=O)O. The van der Waals surface area contributed by atoms with Crippen LogP contribution in [0.1, 0.15) is 0 Å². The van der Waals surface area contributed by atoms with Gasteiger partial charge in [0, 0.05) is 26.2 Å². The molecule has 4 rings (SSSR count). The minimum atomic E-state index is -1.82. The molecule has 1 aliphatic rings. The minimum Gasteiger partial charge on any atom is -0.497 e. The van der Waals surface area contributed by atoms with Gasteiger partial charge in [0.25, 0.3) is 11.8 Å². The maximum atomic E-state index is 12.6. The molecule has 1 fully saturated rings. The van der Waals surface area contributed by atoms with Crippen LogP contribution in [0.5, 0.6) is 17.2 Å². The molecule has 1 heterocycles. The average Bonchev–Trinajstić information content (AvgIpc) is 3.00. The number of amides is 2. The monoisotopic (exact) mass is 550 g/mol. The molecular formula is C29H30N2O9. The zero-order valence-corrected chi connectivity index (χ0v) is 21.9. The van der Waals surface area contributed by atoms with Gasteiger partial charge in [0.05, 0.1) is 7.11 Å². The Morgan fingerprint density at radius 2 is 0.975 bits per heavy atom. The summed E-state index contributed by atoms with van der Waals surface area (Å²) in [7, 11) is 1.60. The van der Waals surface area contributed by atoms with Crippen molar-refractivity contribution in [1.82, 2.24) is 9.80 Å². The third-order valence-electron chi connectivity index (χ3n) is 5.91. The molecule has 3 aromatic rings. The van der Waals surface area contributed by atoms with Gasteiger partial charge in [0.2, 0.25) is 0 Å². The molecular weight excluding hydrogens is 520 g/mol. The van der Waals surface area contributed by atoms with E-state index < -0.39 is 11.9 Å². The van der Waals surface area contributed by atoms with E-state index in [4.69, 9.17) is 34.0 Å². The fourth-order valence-electron chi connectivity index (χ4n) is 3.72. The van der Waals surface area contributed by atoms with Gasteiger partial charge >= 0.3 is 11.9 Å². The summed E-state index contributed by atoms with van der Waals surface area (Å²) in [6.07, 6.45) is 0. The summed E-state index contributed by atoms with van der Waals surface area (Å²) in [6.45, 7) is 1.83. The van der Waals surface area contributed by atoms with E-state index in [-0.39, 0.29) is 25.0 Å². The molecule has 0 atom stereocenters. The molecule has 40 heavy (non-hydrogen) atoms. The first-order valence-electron chi connectivity index (χ1n) is 12.3. The van der Waals surface area contributed by atoms with Crippen LogP contribution >= 0.6 is 0 Å². The lowest BCUT2D eigenvalue weighted by Crippen LogP contribution is -2.52. The van der Waals surface area contributed by atoms with E-state index in [2.05, 4.69) is 12.1 Å². The van der Waals surface area contributed by atoms with Crippen molar-refractivity contribution in [2.45, 2.75) is 0 Å². The molecule has 11 heteroatoms. The Hall–Kier alpha value is -5.06. The fraction of sp³-hybridized carbons (Fsp3) is 0.241. The molecule has 210 valence electrons. The Morgan fingerprint density at radius 3 is 1.38 bits per heavy atom. The van der Waals surface area contributed by atoms with Crippen molar-refractivity contribution < 1.29 is 43.6 Å². The minimum absolute atomic E-state index is 0.0286. The molecule has 2 N–H and O–H groups in total. The van der Waals surface area contributed by atoms with Crippen LogP contribution in [0.4, 0.5) is 0 Å².